The van der Waals surface area contributed by atoms with Crippen molar-refractivity contribution in [3.8, 4) is 0 Å². The molecule has 0 aromatic heterocycles. The lowest BCUT2D eigenvalue weighted by molar-refractivity contribution is -0.153. The molecule has 18 heavy (non-hydrogen) atoms. The Kier molecular flexibility index (Phi) is 8.61. The number of carbonyl (C=O) groups is 3. The van der Waals surface area contributed by atoms with Crippen molar-refractivity contribution in [2.45, 2.75) is 46.1 Å². The van der Waals surface area contributed by atoms with Crippen LogP contribution in [0.25, 0.3) is 0 Å². The highest BCUT2D eigenvalue weighted by atomic mass is 16.5. The van der Waals surface area contributed by atoms with Crippen LogP contribution in [-0.4, -0.2) is 37.1 Å². The number of nitrogens with one attached hydrogen (secondary N) is 1. The number of amides is 1. The largest absolute Gasteiger partial charge is 0.466 e. The fraction of sp³-hybridized carbons (Fsp3) is 0.750. The third kappa shape index (κ3) is 6.88. The van der Waals surface area contributed by atoms with Crippen LogP contribution in [0.5, 0.6) is 0 Å². The van der Waals surface area contributed by atoms with Gasteiger partial charge in [0.15, 0.2) is 0 Å². The van der Waals surface area contributed by atoms with Crippen LogP contribution >= 0.6 is 0 Å². The van der Waals surface area contributed by atoms with Crippen molar-refractivity contribution in [1.82, 2.24) is 5.32 Å². The second kappa shape index (κ2) is 9.44. The highest BCUT2D eigenvalue weighted by Crippen LogP contribution is 2.00. The Morgan fingerprint density at radius 1 is 1.06 bits per heavy atom. The molecule has 0 aliphatic heterocycles. The lowest BCUT2D eigenvalue weighted by atomic mass is 10.2. The Morgan fingerprint density at radius 2 is 1.67 bits per heavy atom. The van der Waals surface area contributed by atoms with Gasteiger partial charge in [0.25, 0.3) is 0 Å². The molecule has 0 fully saturated rings. The van der Waals surface area contributed by atoms with E-state index in [1.165, 1.54) is 0 Å². The maximum absolute atomic E-state index is 11.6. The summed E-state index contributed by atoms with van der Waals surface area (Å²) in [4.78, 5) is 34.3. The van der Waals surface area contributed by atoms with Gasteiger partial charge in [-0.1, -0.05) is 6.92 Å². The molecule has 1 amide bonds. The van der Waals surface area contributed by atoms with E-state index in [4.69, 9.17) is 9.47 Å². The summed E-state index contributed by atoms with van der Waals surface area (Å²) in [5.74, 6) is -1.43. The predicted molar refractivity (Wildman–Crippen MR) is 64.7 cm³/mol. The lowest BCUT2D eigenvalue weighted by Gasteiger charge is -2.16. The van der Waals surface area contributed by atoms with Gasteiger partial charge in [0.1, 0.15) is 6.04 Å². The molecule has 0 saturated heterocycles. The zero-order valence-corrected chi connectivity index (χ0v) is 11.2. The number of ether oxygens (including phenoxy) is 2. The first kappa shape index (κ1) is 16.4. The van der Waals surface area contributed by atoms with Crippen LogP contribution in [0.2, 0.25) is 0 Å². The molecule has 1 N–H and O–H groups in total. The van der Waals surface area contributed by atoms with E-state index in [1.54, 1.807) is 13.8 Å². The minimum atomic E-state index is -0.969. The maximum Gasteiger partial charge on any atom is 0.329 e. The molecule has 0 spiro atoms. The van der Waals surface area contributed by atoms with Gasteiger partial charge in [0.2, 0.25) is 5.91 Å². The highest BCUT2D eigenvalue weighted by Gasteiger charge is 2.25. The molecule has 0 rings (SSSR count). The molecule has 104 valence electrons. The van der Waals surface area contributed by atoms with Gasteiger partial charge in [-0.25, -0.2) is 4.79 Å². The number of rotatable bonds is 8. The van der Waals surface area contributed by atoms with E-state index in [9.17, 15) is 14.4 Å². The van der Waals surface area contributed by atoms with E-state index in [2.05, 4.69) is 5.32 Å². The number of hydrogen-bond acceptors (Lipinski definition) is 5. The molecule has 1 unspecified atom stereocenters. The predicted octanol–water partition coefficient (Wildman–Crippen LogP) is 0.788. The molecule has 0 aliphatic carbocycles. The van der Waals surface area contributed by atoms with Crippen molar-refractivity contribution in [2.24, 2.45) is 0 Å². The third-order valence-electron chi connectivity index (χ3n) is 2.06. The van der Waals surface area contributed by atoms with E-state index < -0.39 is 18.0 Å². The molecule has 6 nitrogen and oxygen atoms in total. The van der Waals surface area contributed by atoms with Gasteiger partial charge in [0.05, 0.1) is 19.6 Å². The standard InChI is InChI=1S/C12H21NO5/c1-4-7-10(14)13-9(12(16)18-6-3)8-11(15)17-5-2/h9H,4-8H2,1-3H3,(H,13,14). The van der Waals surface area contributed by atoms with Crippen LogP contribution in [0, 0.1) is 0 Å². The van der Waals surface area contributed by atoms with Gasteiger partial charge in [-0.2, -0.15) is 0 Å². The number of esters is 2. The summed E-state index contributed by atoms with van der Waals surface area (Å²) in [6, 6.07) is -0.969. The van der Waals surface area contributed by atoms with Crippen LogP contribution in [0.1, 0.15) is 40.0 Å². The first-order valence-corrected chi connectivity index (χ1v) is 6.16. The highest BCUT2D eigenvalue weighted by molar-refractivity contribution is 5.88. The molecule has 0 radical (unpaired) electrons. The first-order valence-electron chi connectivity index (χ1n) is 6.16. The van der Waals surface area contributed by atoms with Crippen molar-refractivity contribution >= 4 is 17.8 Å². The monoisotopic (exact) mass is 259 g/mol. The average molecular weight is 259 g/mol. The summed E-state index contributed by atoms with van der Waals surface area (Å²) in [7, 11) is 0. The zero-order chi connectivity index (χ0) is 14.0. The normalized spacial score (nSPS) is 11.5. The van der Waals surface area contributed by atoms with Crippen molar-refractivity contribution in [1.29, 1.82) is 0 Å². The van der Waals surface area contributed by atoms with Crippen LogP contribution in [0.15, 0.2) is 0 Å². The van der Waals surface area contributed by atoms with Crippen molar-refractivity contribution < 1.29 is 23.9 Å². The Balaban J connectivity index is 4.46. The van der Waals surface area contributed by atoms with Gasteiger partial charge in [-0.05, 0) is 20.3 Å². The Morgan fingerprint density at radius 3 is 2.17 bits per heavy atom. The third-order valence-corrected chi connectivity index (χ3v) is 2.06. The summed E-state index contributed by atoms with van der Waals surface area (Å²) >= 11 is 0. The van der Waals surface area contributed by atoms with Crippen molar-refractivity contribution in [3.05, 3.63) is 0 Å². The molecule has 1 atom stereocenters. The Bertz CT molecular complexity index is 270. The smallest absolute Gasteiger partial charge is 0.329 e. The van der Waals surface area contributed by atoms with E-state index in [-0.39, 0.29) is 25.5 Å². The van der Waals surface area contributed by atoms with Crippen molar-refractivity contribution in [3.63, 3.8) is 0 Å². The van der Waals surface area contributed by atoms with Crippen LogP contribution in [0.3, 0.4) is 0 Å². The molecule has 0 saturated carbocycles. The molecule has 0 aromatic carbocycles. The van der Waals surface area contributed by atoms with Gasteiger partial charge >= 0.3 is 11.9 Å². The zero-order valence-electron chi connectivity index (χ0n) is 11.2. The second-order valence-corrected chi connectivity index (χ2v) is 3.63. The molecule has 0 heterocycles. The first-order chi connectivity index (χ1) is 8.54. The fourth-order valence-corrected chi connectivity index (χ4v) is 1.32. The lowest BCUT2D eigenvalue weighted by Crippen LogP contribution is -2.43. The summed E-state index contributed by atoms with van der Waals surface area (Å²) < 4.78 is 9.54. The number of hydrogen-bond donors (Lipinski definition) is 1. The van der Waals surface area contributed by atoms with E-state index >= 15 is 0 Å². The van der Waals surface area contributed by atoms with Crippen molar-refractivity contribution in [2.75, 3.05) is 13.2 Å². The van der Waals surface area contributed by atoms with Gasteiger partial charge in [-0.15, -0.1) is 0 Å². The van der Waals surface area contributed by atoms with Crippen LogP contribution < -0.4 is 5.32 Å². The molecule has 0 aliphatic rings. The quantitative estimate of drug-likeness (QED) is 0.652. The summed E-state index contributed by atoms with van der Waals surface area (Å²) in [6.07, 6.45) is 0.766. The minimum Gasteiger partial charge on any atom is -0.466 e. The molecule has 6 heteroatoms. The maximum atomic E-state index is 11.6. The average Bonchev–Trinajstić information content (AvgIpc) is 2.29. The molecular weight excluding hydrogens is 238 g/mol. The van der Waals surface area contributed by atoms with Gasteiger partial charge in [0, 0.05) is 6.42 Å². The van der Waals surface area contributed by atoms with E-state index in [0.29, 0.717) is 12.8 Å². The van der Waals surface area contributed by atoms with Crippen LogP contribution in [0.4, 0.5) is 0 Å². The summed E-state index contributed by atoms with van der Waals surface area (Å²) in [5, 5.41) is 2.48. The Hall–Kier alpha value is -1.59. The Labute approximate surface area is 107 Å². The molecule has 0 bridgehead atoms. The van der Waals surface area contributed by atoms with E-state index in [0.717, 1.165) is 0 Å². The number of carbonyl (C=O) groups excluding carboxylic acids is 3. The second-order valence-electron chi connectivity index (χ2n) is 3.63. The molecular formula is C12H21NO5. The SMILES string of the molecule is CCCC(=O)NC(CC(=O)OCC)C(=O)OCC. The summed E-state index contributed by atoms with van der Waals surface area (Å²) in [6.45, 7) is 5.61. The van der Waals surface area contributed by atoms with Gasteiger partial charge in [-0.3, -0.25) is 9.59 Å². The van der Waals surface area contributed by atoms with E-state index in [1.807, 2.05) is 6.92 Å². The minimum absolute atomic E-state index is 0.196. The summed E-state index contributed by atoms with van der Waals surface area (Å²) in [5.41, 5.74) is 0. The topological polar surface area (TPSA) is 81.7 Å². The van der Waals surface area contributed by atoms with Gasteiger partial charge < -0.3 is 14.8 Å². The van der Waals surface area contributed by atoms with Crippen LogP contribution in [-0.2, 0) is 23.9 Å². The fourth-order valence-electron chi connectivity index (χ4n) is 1.32. The molecule has 0 aromatic rings.